The van der Waals surface area contributed by atoms with Gasteiger partial charge in [0.1, 0.15) is 5.41 Å². The fraction of sp³-hybridized carbons (Fsp3) is 0.846. The number of rotatable bonds is 8. The molecule has 0 aromatic carbocycles. The number of oxime groups is 1. The zero-order valence-corrected chi connectivity index (χ0v) is 12.4. The van der Waals surface area contributed by atoms with Gasteiger partial charge < -0.3 is 20.9 Å². The number of carbonyl (C=O) groups is 1. The molecule has 0 aromatic heterocycles. The summed E-state index contributed by atoms with van der Waals surface area (Å²) in [6, 6.07) is -0.299. The first-order chi connectivity index (χ1) is 8.91. The number of hydrogen-bond acceptors (Lipinski definition) is 4. The minimum atomic E-state index is -0.976. The third-order valence-corrected chi connectivity index (χ3v) is 3.61. The fourth-order valence-corrected chi connectivity index (χ4v) is 2.31. The first-order valence-electron chi connectivity index (χ1n) is 6.77. The number of hydrogen-bond donors (Lipinski definition) is 3. The second-order valence-electron chi connectivity index (χ2n) is 5.02. The average molecular weight is 273 g/mol. The Labute approximate surface area is 115 Å². The van der Waals surface area contributed by atoms with E-state index in [0.29, 0.717) is 12.8 Å². The van der Waals surface area contributed by atoms with Crippen molar-refractivity contribution < 1.29 is 15.1 Å². The molecule has 0 heterocycles. The van der Waals surface area contributed by atoms with Gasteiger partial charge in [-0.2, -0.15) is 0 Å². The predicted molar refractivity (Wildman–Crippen MR) is 75.0 cm³/mol. The van der Waals surface area contributed by atoms with Crippen LogP contribution >= 0.6 is 0 Å². The van der Waals surface area contributed by atoms with Crippen molar-refractivity contribution in [1.82, 2.24) is 4.90 Å². The third kappa shape index (κ3) is 3.83. The molecular weight excluding hydrogens is 246 g/mol. The molecule has 6 heteroatoms. The second kappa shape index (κ2) is 7.99. The van der Waals surface area contributed by atoms with Crippen molar-refractivity contribution in [3.63, 3.8) is 0 Å². The van der Waals surface area contributed by atoms with Crippen molar-refractivity contribution in [3.8, 4) is 0 Å². The lowest BCUT2D eigenvalue weighted by Crippen LogP contribution is -2.53. The lowest BCUT2D eigenvalue weighted by atomic mass is 9.76. The number of nitrogens with zero attached hydrogens (tertiary/aromatic N) is 2. The van der Waals surface area contributed by atoms with E-state index in [9.17, 15) is 9.90 Å². The van der Waals surface area contributed by atoms with E-state index in [1.54, 1.807) is 14.0 Å². The Kier molecular flexibility index (Phi) is 7.44. The zero-order chi connectivity index (χ0) is 15.1. The van der Waals surface area contributed by atoms with E-state index >= 15 is 0 Å². The standard InChI is InChI=1S/C13H27N3O3/c1-5-7-13(8-6-2,11(14)15-19)12(18)16(4)10(3)9-17/h10,17,19H,5-9H2,1-4H3,(H2,14,15). The number of aliphatic hydroxyl groups is 1. The van der Waals surface area contributed by atoms with Crippen LogP contribution in [0.2, 0.25) is 0 Å². The Bertz CT molecular complexity index is 312. The van der Waals surface area contributed by atoms with Crippen LogP contribution < -0.4 is 5.73 Å². The van der Waals surface area contributed by atoms with Gasteiger partial charge in [-0.05, 0) is 19.8 Å². The van der Waals surface area contributed by atoms with Crippen molar-refractivity contribution in [2.24, 2.45) is 16.3 Å². The van der Waals surface area contributed by atoms with E-state index in [-0.39, 0.29) is 24.4 Å². The van der Waals surface area contributed by atoms with Crippen LogP contribution in [0.15, 0.2) is 5.16 Å². The summed E-state index contributed by atoms with van der Waals surface area (Å²) < 4.78 is 0. The molecule has 19 heavy (non-hydrogen) atoms. The maximum atomic E-state index is 12.7. The topological polar surface area (TPSA) is 99.2 Å². The van der Waals surface area contributed by atoms with E-state index in [1.807, 2.05) is 13.8 Å². The summed E-state index contributed by atoms with van der Waals surface area (Å²) >= 11 is 0. The minimum absolute atomic E-state index is 0.0433. The smallest absolute Gasteiger partial charge is 0.236 e. The lowest BCUT2D eigenvalue weighted by Gasteiger charge is -2.36. The Balaban J connectivity index is 5.49. The SMILES string of the molecule is CCCC(CCC)(C(=O)N(C)C(C)CO)C(N)=NO. The van der Waals surface area contributed by atoms with Gasteiger partial charge in [-0.25, -0.2) is 0 Å². The molecule has 0 saturated heterocycles. The zero-order valence-electron chi connectivity index (χ0n) is 12.4. The molecule has 1 amide bonds. The molecule has 1 unspecified atom stereocenters. The normalized spacial score (nSPS) is 14.3. The molecule has 0 fully saturated rings. The lowest BCUT2D eigenvalue weighted by molar-refractivity contribution is -0.140. The van der Waals surface area contributed by atoms with Gasteiger partial charge in [0.25, 0.3) is 0 Å². The van der Waals surface area contributed by atoms with Crippen LogP contribution in [-0.2, 0) is 4.79 Å². The molecule has 4 N–H and O–H groups in total. The summed E-state index contributed by atoms with van der Waals surface area (Å²) in [5.74, 6) is -0.244. The van der Waals surface area contributed by atoms with E-state index in [1.165, 1.54) is 4.90 Å². The van der Waals surface area contributed by atoms with Gasteiger partial charge in [0.15, 0.2) is 5.84 Å². The number of aliphatic hydroxyl groups excluding tert-OH is 1. The van der Waals surface area contributed by atoms with Gasteiger partial charge in [-0.3, -0.25) is 4.79 Å². The highest BCUT2D eigenvalue weighted by molar-refractivity contribution is 6.06. The van der Waals surface area contributed by atoms with Crippen LogP contribution in [0, 0.1) is 5.41 Å². The highest BCUT2D eigenvalue weighted by Crippen LogP contribution is 2.33. The van der Waals surface area contributed by atoms with Gasteiger partial charge in [-0.15, -0.1) is 0 Å². The maximum Gasteiger partial charge on any atom is 0.236 e. The molecule has 0 bridgehead atoms. The van der Waals surface area contributed by atoms with Crippen molar-refractivity contribution in [2.45, 2.75) is 52.5 Å². The molecule has 0 rings (SSSR count). The molecule has 112 valence electrons. The first-order valence-corrected chi connectivity index (χ1v) is 6.77. The van der Waals surface area contributed by atoms with Crippen LogP contribution in [-0.4, -0.2) is 46.7 Å². The molecule has 0 saturated carbocycles. The number of nitrogens with two attached hydrogens (primary N) is 1. The van der Waals surface area contributed by atoms with Crippen molar-refractivity contribution in [1.29, 1.82) is 0 Å². The number of likely N-dealkylation sites (N-methyl/N-ethyl adjacent to an activating group) is 1. The first kappa shape index (κ1) is 17.7. The van der Waals surface area contributed by atoms with Crippen molar-refractivity contribution in [2.75, 3.05) is 13.7 Å². The third-order valence-electron chi connectivity index (χ3n) is 3.61. The van der Waals surface area contributed by atoms with E-state index in [4.69, 9.17) is 10.9 Å². The Morgan fingerprint density at radius 1 is 1.37 bits per heavy atom. The predicted octanol–water partition coefficient (Wildman–Crippen LogP) is 1.16. The summed E-state index contributed by atoms with van der Waals surface area (Å²) in [4.78, 5) is 14.2. The van der Waals surface area contributed by atoms with E-state index in [2.05, 4.69) is 5.16 Å². The highest BCUT2D eigenvalue weighted by Gasteiger charge is 2.43. The van der Waals surface area contributed by atoms with Crippen LogP contribution in [0.25, 0.3) is 0 Å². The Hall–Kier alpha value is -1.30. The van der Waals surface area contributed by atoms with Crippen LogP contribution in [0.4, 0.5) is 0 Å². The molecule has 0 aliphatic heterocycles. The molecule has 0 spiro atoms. The summed E-state index contributed by atoms with van der Waals surface area (Å²) in [5, 5.41) is 21.2. The van der Waals surface area contributed by atoms with Gasteiger partial charge in [0, 0.05) is 7.05 Å². The maximum absolute atomic E-state index is 12.7. The Morgan fingerprint density at radius 2 is 1.84 bits per heavy atom. The van der Waals surface area contributed by atoms with Crippen LogP contribution in [0.5, 0.6) is 0 Å². The van der Waals surface area contributed by atoms with Gasteiger partial charge in [-0.1, -0.05) is 31.8 Å². The number of amidine groups is 1. The van der Waals surface area contributed by atoms with Crippen molar-refractivity contribution >= 4 is 11.7 Å². The van der Waals surface area contributed by atoms with Crippen molar-refractivity contribution in [3.05, 3.63) is 0 Å². The fourth-order valence-electron chi connectivity index (χ4n) is 2.31. The summed E-state index contributed by atoms with van der Waals surface area (Å²) in [5.41, 5.74) is 4.82. The largest absolute Gasteiger partial charge is 0.409 e. The van der Waals surface area contributed by atoms with Crippen LogP contribution in [0.3, 0.4) is 0 Å². The summed E-state index contributed by atoms with van der Waals surface area (Å²) in [6.45, 7) is 5.55. The van der Waals surface area contributed by atoms with Gasteiger partial charge >= 0.3 is 0 Å². The molecule has 6 nitrogen and oxygen atoms in total. The minimum Gasteiger partial charge on any atom is -0.409 e. The summed E-state index contributed by atoms with van der Waals surface area (Å²) in [6.07, 6.45) is 2.56. The average Bonchev–Trinajstić information content (AvgIpc) is 2.43. The number of carbonyl (C=O) groups excluding carboxylic acids is 1. The van der Waals surface area contributed by atoms with Gasteiger partial charge in [0.05, 0.1) is 12.6 Å². The summed E-state index contributed by atoms with van der Waals surface area (Å²) in [7, 11) is 1.63. The van der Waals surface area contributed by atoms with Gasteiger partial charge in [0.2, 0.25) is 5.91 Å². The Morgan fingerprint density at radius 3 is 2.16 bits per heavy atom. The molecule has 0 radical (unpaired) electrons. The van der Waals surface area contributed by atoms with E-state index in [0.717, 1.165) is 12.8 Å². The quantitative estimate of drug-likeness (QED) is 0.267. The van der Waals surface area contributed by atoms with E-state index < -0.39 is 5.41 Å². The number of amides is 1. The second-order valence-corrected chi connectivity index (χ2v) is 5.02. The molecule has 0 aromatic rings. The highest BCUT2D eigenvalue weighted by atomic mass is 16.4. The molecule has 0 aliphatic carbocycles. The molecular formula is C13H27N3O3. The molecule has 0 aliphatic rings. The van der Waals surface area contributed by atoms with Crippen LogP contribution in [0.1, 0.15) is 46.5 Å². The molecule has 1 atom stereocenters. The monoisotopic (exact) mass is 273 g/mol.